The Bertz CT molecular complexity index is 1550. The molecular formula is C26H25N7O2. The average molecular weight is 468 g/mol. The third kappa shape index (κ3) is 4.00. The van der Waals surface area contributed by atoms with Crippen molar-refractivity contribution in [3.63, 3.8) is 0 Å². The molecule has 1 aliphatic rings. The van der Waals surface area contributed by atoms with Crippen LogP contribution in [0.4, 0.5) is 0 Å². The highest BCUT2D eigenvalue weighted by molar-refractivity contribution is 6.00. The van der Waals surface area contributed by atoms with Crippen LogP contribution in [0.15, 0.2) is 54.6 Å². The van der Waals surface area contributed by atoms with Crippen molar-refractivity contribution >= 4 is 27.6 Å². The van der Waals surface area contributed by atoms with Crippen molar-refractivity contribution in [1.29, 1.82) is 0 Å². The molecule has 6 rings (SSSR count). The molecular weight excluding hydrogens is 442 g/mol. The zero-order valence-electron chi connectivity index (χ0n) is 19.3. The van der Waals surface area contributed by atoms with Crippen LogP contribution in [0.2, 0.25) is 0 Å². The average Bonchev–Trinajstić information content (AvgIpc) is 3.61. The summed E-state index contributed by atoms with van der Waals surface area (Å²) in [5.41, 5.74) is 9.52. The van der Waals surface area contributed by atoms with Crippen LogP contribution in [-0.2, 0) is 0 Å². The Hall–Kier alpha value is -4.24. The second kappa shape index (κ2) is 8.52. The molecule has 3 aromatic carbocycles. The van der Waals surface area contributed by atoms with E-state index in [0.29, 0.717) is 30.2 Å². The molecule has 1 atom stereocenters. The molecule has 0 spiro atoms. The van der Waals surface area contributed by atoms with Crippen molar-refractivity contribution in [2.45, 2.75) is 25.8 Å². The van der Waals surface area contributed by atoms with E-state index >= 15 is 0 Å². The summed E-state index contributed by atoms with van der Waals surface area (Å²) >= 11 is 0. The number of nitrogens with two attached hydrogens (primary N) is 1. The zero-order valence-corrected chi connectivity index (χ0v) is 19.3. The molecule has 1 aliphatic heterocycles. The first-order valence-electron chi connectivity index (χ1n) is 11.7. The minimum absolute atomic E-state index is 0.344. The first-order chi connectivity index (χ1) is 17.0. The zero-order chi connectivity index (χ0) is 23.9. The highest BCUT2D eigenvalue weighted by atomic mass is 16.5. The van der Waals surface area contributed by atoms with Crippen LogP contribution in [0.3, 0.4) is 0 Å². The van der Waals surface area contributed by atoms with Crippen LogP contribution in [0.5, 0.6) is 6.01 Å². The third-order valence-corrected chi connectivity index (χ3v) is 6.75. The van der Waals surface area contributed by atoms with Crippen molar-refractivity contribution in [3.8, 4) is 28.7 Å². The number of hydrogen-bond donors (Lipinski definition) is 3. The van der Waals surface area contributed by atoms with Crippen LogP contribution in [0, 0.1) is 0 Å². The van der Waals surface area contributed by atoms with E-state index in [1.165, 1.54) is 12.8 Å². The normalized spacial score (nSPS) is 16.3. The summed E-state index contributed by atoms with van der Waals surface area (Å²) < 4.78 is 5.82. The molecule has 0 saturated carbocycles. The number of nitrogens with one attached hydrogen (secondary N) is 2. The summed E-state index contributed by atoms with van der Waals surface area (Å²) in [4.78, 5) is 18.3. The Labute approximate surface area is 201 Å². The minimum atomic E-state index is -0.437. The van der Waals surface area contributed by atoms with Gasteiger partial charge in [0.2, 0.25) is 5.91 Å². The molecule has 9 heteroatoms. The summed E-state index contributed by atoms with van der Waals surface area (Å²) in [6.45, 7) is 3.75. The lowest BCUT2D eigenvalue weighted by Crippen LogP contribution is -2.31. The standard InChI is InChI=1S/C26H25N7O2/c1-15-3-2-10-33(15)14-35-26-28-25(31-32-26)20-8-9-22-21(13-20)23(30-29-22)18-6-4-17-12-19(24(27)34)7-5-16(17)11-18/h4-9,11-13,15H,2-3,10,14H2,1H3,(H2,27,34)(H,29,30)(H,28,31,32). The van der Waals surface area contributed by atoms with Crippen molar-refractivity contribution in [2.24, 2.45) is 5.73 Å². The molecule has 176 valence electrons. The molecule has 1 amide bonds. The third-order valence-electron chi connectivity index (χ3n) is 6.75. The number of benzene rings is 3. The number of carbonyl (C=O) groups is 1. The van der Waals surface area contributed by atoms with Gasteiger partial charge in [0.25, 0.3) is 0 Å². The highest BCUT2D eigenvalue weighted by Gasteiger charge is 2.21. The topological polar surface area (TPSA) is 126 Å². The Kier molecular flexibility index (Phi) is 5.18. The van der Waals surface area contributed by atoms with E-state index in [2.05, 4.69) is 43.3 Å². The van der Waals surface area contributed by atoms with Gasteiger partial charge < -0.3 is 10.5 Å². The predicted molar refractivity (Wildman–Crippen MR) is 134 cm³/mol. The van der Waals surface area contributed by atoms with Gasteiger partial charge in [0.15, 0.2) is 5.82 Å². The molecule has 0 aliphatic carbocycles. The lowest BCUT2D eigenvalue weighted by atomic mass is 10.0. The van der Waals surface area contributed by atoms with E-state index in [9.17, 15) is 4.79 Å². The van der Waals surface area contributed by atoms with Crippen LogP contribution in [0.1, 0.15) is 30.1 Å². The number of hydrogen-bond acceptors (Lipinski definition) is 6. The van der Waals surface area contributed by atoms with Gasteiger partial charge in [-0.25, -0.2) is 0 Å². The molecule has 9 nitrogen and oxygen atoms in total. The Morgan fingerprint density at radius 3 is 2.71 bits per heavy atom. The number of aromatic amines is 2. The SMILES string of the molecule is CC1CCCN1COc1n[nH]c(-c2ccc3[nH]nc(-c4ccc5cc(C(N)=O)ccc5c4)c3c2)n1. The molecule has 35 heavy (non-hydrogen) atoms. The number of carbonyl (C=O) groups excluding carboxylic acids is 1. The Balaban J connectivity index is 1.29. The number of fused-ring (bicyclic) bond motifs is 2. The smallest absolute Gasteiger partial charge is 0.337 e. The Morgan fingerprint density at radius 1 is 1.06 bits per heavy atom. The number of rotatable bonds is 6. The van der Waals surface area contributed by atoms with E-state index in [4.69, 9.17) is 10.5 Å². The molecule has 1 fully saturated rings. The number of amides is 1. The van der Waals surface area contributed by atoms with Gasteiger partial charge in [0, 0.05) is 34.7 Å². The fourth-order valence-corrected chi connectivity index (χ4v) is 4.69. The predicted octanol–water partition coefficient (Wildman–Crippen LogP) is 4.09. The van der Waals surface area contributed by atoms with Crippen molar-refractivity contribution in [2.75, 3.05) is 13.3 Å². The number of primary amides is 1. The van der Waals surface area contributed by atoms with Crippen molar-refractivity contribution in [1.82, 2.24) is 30.3 Å². The van der Waals surface area contributed by atoms with Gasteiger partial charge >= 0.3 is 6.01 Å². The Morgan fingerprint density at radius 2 is 1.89 bits per heavy atom. The van der Waals surface area contributed by atoms with Crippen molar-refractivity contribution in [3.05, 3.63) is 60.2 Å². The van der Waals surface area contributed by atoms with E-state index < -0.39 is 5.91 Å². The number of H-pyrrole nitrogens is 2. The van der Waals surface area contributed by atoms with Crippen LogP contribution >= 0.6 is 0 Å². The first kappa shape index (κ1) is 21.3. The second-order valence-electron chi connectivity index (χ2n) is 9.02. The first-order valence-corrected chi connectivity index (χ1v) is 11.7. The van der Waals surface area contributed by atoms with Gasteiger partial charge in [-0.3, -0.25) is 19.9 Å². The maximum Gasteiger partial charge on any atom is 0.337 e. The van der Waals surface area contributed by atoms with Gasteiger partial charge in [-0.1, -0.05) is 18.2 Å². The largest absolute Gasteiger partial charge is 0.446 e. The lowest BCUT2D eigenvalue weighted by molar-refractivity contribution is 0.100. The molecule has 1 unspecified atom stereocenters. The van der Waals surface area contributed by atoms with Crippen molar-refractivity contribution < 1.29 is 9.53 Å². The fourth-order valence-electron chi connectivity index (χ4n) is 4.69. The van der Waals surface area contributed by atoms with Crippen LogP contribution in [-0.4, -0.2) is 55.5 Å². The van der Waals surface area contributed by atoms with E-state index in [-0.39, 0.29) is 0 Å². The van der Waals surface area contributed by atoms with Gasteiger partial charge in [-0.15, -0.1) is 5.10 Å². The summed E-state index contributed by atoms with van der Waals surface area (Å²) in [7, 11) is 0. The van der Waals surface area contributed by atoms with Crippen LogP contribution in [0.25, 0.3) is 44.3 Å². The molecule has 4 N–H and O–H groups in total. The van der Waals surface area contributed by atoms with E-state index in [1.807, 2.05) is 36.4 Å². The monoisotopic (exact) mass is 467 g/mol. The molecule has 3 heterocycles. The van der Waals surface area contributed by atoms with Crippen LogP contribution < -0.4 is 10.5 Å². The van der Waals surface area contributed by atoms with E-state index in [0.717, 1.165) is 45.0 Å². The number of ether oxygens (including phenoxy) is 1. The second-order valence-corrected chi connectivity index (χ2v) is 9.02. The molecule has 1 saturated heterocycles. The summed E-state index contributed by atoms with van der Waals surface area (Å²) in [6, 6.07) is 18.3. The highest BCUT2D eigenvalue weighted by Crippen LogP contribution is 2.32. The van der Waals surface area contributed by atoms with Gasteiger partial charge in [-0.05, 0) is 66.9 Å². The fraction of sp³-hybridized carbons (Fsp3) is 0.231. The molecule has 0 radical (unpaired) electrons. The quantitative estimate of drug-likeness (QED) is 0.345. The van der Waals surface area contributed by atoms with Gasteiger partial charge in [0.1, 0.15) is 6.73 Å². The molecule has 2 aromatic heterocycles. The van der Waals surface area contributed by atoms with Gasteiger partial charge in [-0.2, -0.15) is 10.1 Å². The summed E-state index contributed by atoms with van der Waals surface area (Å²) in [6.07, 6.45) is 2.39. The summed E-state index contributed by atoms with van der Waals surface area (Å²) in [5, 5.41) is 17.8. The summed E-state index contributed by atoms with van der Waals surface area (Å²) in [5.74, 6) is 0.203. The van der Waals surface area contributed by atoms with E-state index in [1.54, 1.807) is 12.1 Å². The molecule has 0 bridgehead atoms. The minimum Gasteiger partial charge on any atom is -0.446 e. The number of likely N-dealkylation sites (tertiary alicyclic amines) is 1. The maximum absolute atomic E-state index is 11.5. The maximum atomic E-state index is 11.5. The number of aromatic nitrogens is 5. The molecule has 5 aromatic rings. The number of nitrogens with zero attached hydrogens (tertiary/aromatic N) is 4. The lowest BCUT2D eigenvalue weighted by Gasteiger charge is -2.19. The van der Waals surface area contributed by atoms with Gasteiger partial charge in [0.05, 0.1) is 11.2 Å².